The lowest BCUT2D eigenvalue weighted by atomic mass is 9.81. The number of piperidine rings is 1. The molecule has 1 saturated carbocycles. The van der Waals surface area contributed by atoms with Crippen LogP contribution in [0, 0.1) is 23.7 Å². The highest BCUT2D eigenvalue weighted by atomic mass is 32.2. The lowest BCUT2D eigenvalue weighted by Gasteiger charge is -2.35. The number of carbonyl (C=O) groups excluding carboxylic acids is 2. The average Bonchev–Trinajstić information content (AvgIpc) is 3.55. The van der Waals surface area contributed by atoms with Crippen LogP contribution in [-0.4, -0.2) is 82.5 Å². The van der Waals surface area contributed by atoms with Crippen molar-refractivity contribution in [3.8, 4) is 23.4 Å². The third kappa shape index (κ3) is 8.39. The van der Waals surface area contributed by atoms with E-state index >= 15 is 0 Å². The Kier molecular flexibility index (Phi) is 10.3. The van der Waals surface area contributed by atoms with E-state index in [2.05, 4.69) is 21.8 Å². The molecular formula is C36H39N5O6S. The first-order valence-electron chi connectivity index (χ1n) is 16.4. The normalized spacial score (nSPS) is 18.6. The van der Waals surface area contributed by atoms with Crippen molar-refractivity contribution in [2.75, 3.05) is 31.7 Å². The smallest absolute Gasteiger partial charge is 0.339 e. The highest BCUT2D eigenvalue weighted by Crippen LogP contribution is 2.31. The van der Waals surface area contributed by atoms with Crippen LogP contribution < -0.4 is 4.74 Å². The van der Waals surface area contributed by atoms with Crippen molar-refractivity contribution in [3.05, 3.63) is 78.6 Å². The van der Waals surface area contributed by atoms with E-state index in [0.29, 0.717) is 61.9 Å². The number of esters is 1. The van der Waals surface area contributed by atoms with Gasteiger partial charge in [-0.25, -0.2) is 23.2 Å². The second-order valence-electron chi connectivity index (χ2n) is 12.4. The van der Waals surface area contributed by atoms with Crippen LogP contribution in [0.5, 0.6) is 5.75 Å². The number of ether oxygens (including phenoxy) is 2. The van der Waals surface area contributed by atoms with Crippen LogP contribution in [0.15, 0.2) is 67.3 Å². The molecule has 1 aromatic carbocycles. The van der Waals surface area contributed by atoms with Gasteiger partial charge >= 0.3 is 5.97 Å². The third-order valence-corrected chi connectivity index (χ3v) is 9.92. The topological polar surface area (TPSA) is 134 Å². The molecule has 1 amide bonds. The van der Waals surface area contributed by atoms with Gasteiger partial charge in [0.1, 0.15) is 27.5 Å². The molecule has 0 radical (unpaired) electrons. The minimum absolute atomic E-state index is 0.00676. The van der Waals surface area contributed by atoms with Gasteiger partial charge in [0, 0.05) is 74.2 Å². The number of likely N-dealkylation sites (tertiary alicyclic amines) is 1. The van der Waals surface area contributed by atoms with Crippen molar-refractivity contribution < 1.29 is 27.5 Å². The van der Waals surface area contributed by atoms with E-state index in [1.807, 2.05) is 46.0 Å². The molecular weight excluding hydrogens is 630 g/mol. The van der Waals surface area contributed by atoms with Gasteiger partial charge in [-0.05, 0) is 74.4 Å². The predicted octanol–water partition coefficient (Wildman–Crippen LogP) is 4.63. The summed E-state index contributed by atoms with van der Waals surface area (Å²) in [7, 11) is -3.03. The minimum Gasteiger partial charge on any atom is -0.493 e. The van der Waals surface area contributed by atoms with Gasteiger partial charge in [0.05, 0.1) is 23.4 Å². The van der Waals surface area contributed by atoms with E-state index in [9.17, 15) is 18.0 Å². The summed E-state index contributed by atoms with van der Waals surface area (Å²) in [6.45, 7) is 1.49. The lowest BCUT2D eigenvalue weighted by Crippen LogP contribution is -2.44. The number of aromatic nitrogens is 4. The Morgan fingerprint density at radius 2 is 1.79 bits per heavy atom. The first-order valence-corrected chi connectivity index (χ1v) is 18.4. The summed E-state index contributed by atoms with van der Waals surface area (Å²) in [6.07, 6.45) is 12.7. The van der Waals surface area contributed by atoms with Gasteiger partial charge in [-0.15, -0.1) is 0 Å². The zero-order valence-electron chi connectivity index (χ0n) is 27.0. The number of amides is 1. The monoisotopic (exact) mass is 669 g/mol. The predicted molar refractivity (Wildman–Crippen MR) is 180 cm³/mol. The molecule has 1 aliphatic carbocycles. The third-order valence-electron chi connectivity index (χ3n) is 8.89. The van der Waals surface area contributed by atoms with E-state index in [0.717, 1.165) is 36.6 Å². The number of sulfone groups is 1. The molecule has 0 unspecified atom stereocenters. The summed E-state index contributed by atoms with van der Waals surface area (Å²) in [6, 6.07) is 12.9. The van der Waals surface area contributed by atoms with Crippen molar-refractivity contribution >= 4 is 32.6 Å². The van der Waals surface area contributed by atoms with Gasteiger partial charge in [-0.3, -0.25) is 9.78 Å². The fraction of sp³-hybridized carbons (Fsp3) is 0.417. The highest BCUT2D eigenvalue weighted by Gasteiger charge is 2.32. The Bertz CT molecular complexity index is 1920. The molecule has 0 spiro atoms. The van der Waals surface area contributed by atoms with Gasteiger partial charge in [-0.1, -0.05) is 12.0 Å². The number of carbonyl (C=O) groups is 2. The van der Waals surface area contributed by atoms with Crippen LogP contribution in [0.3, 0.4) is 0 Å². The van der Waals surface area contributed by atoms with Crippen molar-refractivity contribution in [1.82, 2.24) is 24.4 Å². The molecule has 2 aliphatic rings. The van der Waals surface area contributed by atoms with Gasteiger partial charge in [0.25, 0.3) is 0 Å². The van der Waals surface area contributed by atoms with E-state index in [-0.39, 0.29) is 35.6 Å². The molecule has 2 fully saturated rings. The van der Waals surface area contributed by atoms with Gasteiger partial charge in [0.2, 0.25) is 11.7 Å². The summed E-state index contributed by atoms with van der Waals surface area (Å²) in [5, 5.41) is 0.906. The molecule has 0 atom stereocenters. The summed E-state index contributed by atoms with van der Waals surface area (Å²) in [5.41, 5.74) is 1.35. The van der Waals surface area contributed by atoms with Crippen molar-refractivity contribution in [2.45, 2.75) is 51.0 Å². The van der Waals surface area contributed by atoms with Crippen molar-refractivity contribution in [1.29, 1.82) is 0 Å². The zero-order chi connectivity index (χ0) is 33.5. The molecule has 4 aromatic rings. The first-order chi connectivity index (χ1) is 23.2. The van der Waals surface area contributed by atoms with Gasteiger partial charge in [0.15, 0.2) is 0 Å². The van der Waals surface area contributed by atoms with Crippen LogP contribution in [0.4, 0.5) is 0 Å². The second kappa shape index (κ2) is 15.0. The summed E-state index contributed by atoms with van der Waals surface area (Å²) >= 11 is 0. The fourth-order valence-electron chi connectivity index (χ4n) is 6.32. The van der Waals surface area contributed by atoms with Gasteiger partial charge < -0.3 is 18.9 Å². The Balaban J connectivity index is 0.997. The van der Waals surface area contributed by atoms with E-state index < -0.39 is 9.84 Å². The molecule has 250 valence electrons. The van der Waals surface area contributed by atoms with Crippen molar-refractivity contribution in [3.63, 3.8) is 0 Å². The van der Waals surface area contributed by atoms with Gasteiger partial charge in [-0.2, -0.15) is 0 Å². The Hall–Kier alpha value is -4.76. The molecule has 0 bridgehead atoms. The Morgan fingerprint density at radius 3 is 2.54 bits per heavy atom. The standard InChI is InChI=1S/C36H39N5O6S/c1-48(44,45)24-4-23-46-32-7-2-6-31-30(32)17-22-41(31)34-14-19-38-33(39-34)13-10-26-8-11-27(12-9-26)35(42)40-20-15-29(16-21-40)47-36(43)28-5-3-18-37-25-28/h2-3,5-7,14,17-19,22,25-27,29H,4,8-9,11-12,15-16,20-21,23-24H2,1H3. The molecule has 3 aromatic heterocycles. The number of benzene rings is 1. The van der Waals surface area contributed by atoms with E-state index in [4.69, 9.17) is 14.5 Å². The second-order valence-corrected chi connectivity index (χ2v) is 14.7. The SMILES string of the molecule is CS(=O)(=O)CCCOc1cccc2c1ccn2-c1ccnc(C#CC2CCC(C(=O)N3CCC(OC(=O)c4cccnc4)CC3)CC2)n1. The molecule has 1 aliphatic heterocycles. The lowest BCUT2D eigenvalue weighted by molar-refractivity contribution is -0.138. The van der Waals surface area contributed by atoms with E-state index in [1.54, 1.807) is 24.5 Å². The van der Waals surface area contributed by atoms with Crippen LogP contribution in [-0.2, 0) is 19.4 Å². The number of hydrogen-bond donors (Lipinski definition) is 0. The summed E-state index contributed by atoms with van der Waals surface area (Å²) < 4.78 is 36.4. The maximum Gasteiger partial charge on any atom is 0.339 e. The number of nitrogens with zero attached hydrogens (tertiary/aromatic N) is 5. The minimum atomic E-state index is -3.03. The zero-order valence-corrected chi connectivity index (χ0v) is 27.8. The number of rotatable bonds is 9. The van der Waals surface area contributed by atoms with Crippen LogP contribution in [0.2, 0.25) is 0 Å². The number of fused-ring (bicyclic) bond motifs is 1. The molecule has 4 heterocycles. The highest BCUT2D eigenvalue weighted by molar-refractivity contribution is 7.90. The fourth-order valence-corrected chi connectivity index (χ4v) is 6.96. The summed E-state index contributed by atoms with van der Waals surface area (Å²) in [5.74, 6) is 8.39. The molecule has 0 N–H and O–H groups in total. The Labute approximate surface area is 280 Å². The average molecular weight is 670 g/mol. The molecule has 1 saturated heterocycles. The molecule has 12 heteroatoms. The van der Waals surface area contributed by atoms with E-state index in [1.165, 1.54) is 12.5 Å². The maximum absolute atomic E-state index is 13.3. The molecule has 6 rings (SSSR count). The number of pyridine rings is 1. The van der Waals surface area contributed by atoms with Crippen molar-refractivity contribution in [2.24, 2.45) is 11.8 Å². The molecule has 11 nitrogen and oxygen atoms in total. The largest absolute Gasteiger partial charge is 0.493 e. The first kappa shape index (κ1) is 33.2. The Morgan fingerprint density at radius 1 is 0.979 bits per heavy atom. The quantitative estimate of drug-likeness (QED) is 0.142. The summed E-state index contributed by atoms with van der Waals surface area (Å²) in [4.78, 5) is 40.6. The van der Waals surface area contributed by atoms with Crippen LogP contribution >= 0.6 is 0 Å². The maximum atomic E-state index is 13.3. The number of hydrogen-bond acceptors (Lipinski definition) is 9. The molecule has 48 heavy (non-hydrogen) atoms. The van der Waals surface area contributed by atoms with Crippen LogP contribution in [0.1, 0.15) is 61.1 Å². The van der Waals surface area contributed by atoms with Crippen LogP contribution in [0.25, 0.3) is 16.7 Å².